The summed E-state index contributed by atoms with van der Waals surface area (Å²) in [5.74, 6) is -0.135. The van der Waals surface area contributed by atoms with Crippen molar-refractivity contribution in [3.63, 3.8) is 0 Å². The lowest BCUT2D eigenvalue weighted by Crippen LogP contribution is -2.10. The molecule has 0 aromatic heterocycles. The fourth-order valence-electron chi connectivity index (χ4n) is 2.82. The minimum Gasteiger partial charge on any atom is -0.488 e. The zero-order valence-electron chi connectivity index (χ0n) is 16.4. The Labute approximate surface area is 169 Å². The molecule has 0 fully saturated rings. The second kappa shape index (κ2) is 9.55. The summed E-state index contributed by atoms with van der Waals surface area (Å²) in [4.78, 5) is 24.4. The van der Waals surface area contributed by atoms with Crippen LogP contribution < -0.4 is 9.47 Å². The predicted octanol–water partition coefficient (Wildman–Crippen LogP) is 4.83. The highest BCUT2D eigenvalue weighted by atomic mass is 16.5. The number of ether oxygens (including phenoxy) is 3. The summed E-state index contributed by atoms with van der Waals surface area (Å²) in [5, 5.41) is 0. The number of methoxy groups -OCH3 is 1. The molecule has 0 aliphatic carbocycles. The van der Waals surface area contributed by atoms with E-state index in [1.54, 1.807) is 6.07 Å². The number of carbonyl (C=O) groups is 2. The van der Waals surface area contributed by atoms with Crippen LogP contribution in [0.15, 0.2) is 72.8 Å². The Hall–Kier alpha value is -3.60. The lowest BCUT2D eigenvalue weighted by molar-refractivity contribution is 0.0595. The first-order chi connectivity index (χ1) is 14.1. The molecule has 0 aliphatic rings. The molecule has 5 heteroatoms. The minimum absolute atomic E-state index is 0.181. The molecule has 0 bridgehead atoms. The molecule has 3 rings (SSSR count). The van der Waals surface area contributed by atoms with E-state index in [1.165, 1.54) is 20.1 Å². The van der Waals surface area contributed by atoms with E-state index >= 15 is 0 Å². The van der Waals surface area contributed by atoms with Gasteiger partial charge in [0.2, 0.25) is 0 Å². The van der Waals surface area contributed by atoms with Gasteiger partial charge in [-0.3, -0.25) is 4.79 Å². The fourth-order valence-corrected chi connectivity index (χ4v) is 2.82. The second-order valence-corrected chi connectivity index (χ2v) is 6.44. The molecule has 0 saturated heterocycles. The van der Waals surface area contributed by atoms with Gasteiger partial charge in [0.15, 0.2) is 5.78 Å². The Morgan fingerprint density at radius 2 is 1.21 bits per heavy atom. The molecule has 0 aliphatic heterocycles. The van der Waals surface area contributed by atoms with Gasteiger partial charge in [0.05, 0.1) is 12.7 Å². The first kappa shape index (κ1) is 20.1. The van der Waals surface area contributed by atoms with Crippen molar-refractivity contribution in [3.05, 3.63) is 95.1 Å². The van der Waals surface area contributed by atoms with Gasteiger partial charge in [-0.15, -0.1) is 0 Å². The van der Waals surface area contributed by atoms with Gasteiger partial charge in [-0.05, 0) is 24.1 Å². The molecular formula is C24H22O5. The number of Topliss-reactive ketones (excluding diaryl/α,β-unsaturated/α-hetero) is 1. The van der Waals surface area contributed by atoms with Gasteiger partial charge in [-0.2, -0.15) is 0 Å². The zero-order valence-corrected chi connectivity index (χ0v) is 16.4. The lowest BCUT2D eigenvalue weighted by atomic mass is 10.1. The van der Waals surface area contributed by atoms with Gasteiger partial charge in [0.25, 0.3) is 0 Å². The highest BCUT2D eigenvalue weighted by molar-refractivity contribution is 6.01. The Balaban J connectivity index is 1.92. The van der Waals surface area contributed by atoms with E-state index in [1.807, 2.05) is 60.7 Å². The number of carbonyl (C=O) groups excluding carboxylic acids is 2. The van der Waals surface area contributed by atoms with E-state index in [0.717, 1.165) is 11.1 Å². The molecule has 0 heterocycles. The molecule has 0 atom stereocenters. The Morgan fingerprint density at radius 1 is 0.724 bits per heavy atom. The van der Waals surface area contributed by atoms with Crippen molar-refractivity contribution in [1.82, 2.24) is 0 Å². The topological polar surface area (TPSA) is 61.8 Å². The summed E-state index contributed by atoms with van der Waals surface area (Å²) in [5.41, 5.74) is 2.39. The van der Waals surface area contributed by atoms with Crippen molar-refractivity contribution in [2.75, 3.05) is 7.11 Å². The Kier molecular flexibility index (Phi) is 6.63. The van der Waals surface area contributed by atoms with Crippen LogP contribution in [0, 0.1) is 0 Å². The summed E-state index contributed by atoms with van der Waals surface area (Å²) < 4.78 is 16.6. The van der Waals surface area contributed by atoms with Gasteiger partial charge in [0, 0.05) is 6.07 Å². The summed E-state index contributed by atoms with van der Waals surface area (Å²) in [6.07, 6.45) is 0. The number of rotatable bonds is 8. The van der Waals surface area contributed by atoms with E-state index in [-0.39, 0.29) is 24.6 Å². The maximum atomic E-state index is 12.3. The maximum absolute atomic E-state index is 12.3. The Morgan fingerprint density at radius 3 is 1.66 bits per heavy atom. The van der Waals surface area contributed by atoms with Crippen LogP contribution >= 0.6 is 0 Å². The molecule has 0 radical (unpaired) electrons. The van der Waals surface area contributed by atoms with Crippen LogP contribution in [0.25, 0.3) is 0 Å². The molecule has 0 N–H and O–H groups in total. The van der Waals surface area contributed by atoms with Gasteiger partial charge >= 0.3 is 5.97 Å². The molecule has 0 unspecified atom stereocenters. The van der Waals surface area contributed by atoms with Crippen LogP contribution in [-0.4, -0.2) is 18.9 Å². The van der Waals surface area contributed by atoms with Gasteiger partial charge in [-0.1, -0.05) is 60.7 Å². The van der Waals surface area contributed by atoms with E-state index in [0.29, 0.717) is 17.1 Å². The monoisotopic (exact) mass is 390 g/mol. The third-order valence-electron chi connectivity index (χ3n) is 4.34. The molecule has 29 heavy (non-hydrogen) atoms. The Bertz CT molecular complexity index is 981. The molecule has 3 aromatic rings. The first-order valence-electron chi connectivity index (χ1n) is 9.19. The van der Waals surface area contributed by atoms with Crippen molar-refractivity contribution in [2.24, 2.45) is 0 Å². The molecule has 0 spiro atoms. The van der Waals surface area contributed by atoms with E-state index in [4.69, 9.17) is 14.2 Å². The van der Waals surface area contributed by atoms with Crippen molar-refractivity contribution in [1.29, 1.82) is 0 Å². The highest BCUT2D eigenvalue weighted by Crippen LogP contribution is 2.31. The van der Waals surface area contributed by atoms with Crippen LogP contribution in [0.3, 0.4) is 0 Å². The van der Waals surface area contributed by atoms with Crippen molar-refractivity contribution < 1.29 is 23.8 Å². The average molecular weight is 390 g/mol. The van der Waals surface area contributed by atoms with E-state index in [9.17, 15) is 9.59 Å². The number of ketones is 1. The SMILES string of the molecule is COC(=O)c1cc(C(C)=O)c(OCc2ccccc2)cc1OCc1ccccc1. The van der Waals surface area contributed by atoms with Crippen molar-refractivity contribution >= 4 is 11.8 Å². The quantitative estimate of drug-likeness (QED) is 0.407. The van der Waals surface area contributed by atoms with Gasteiger partial charge < -0.3 is 14.2 Å². The maximum Gasteiger partial charge on any atom is 0.341 e. The molecule has 0 amide bonds. The third kappa shape index (κ3) is 5.23. The zero-order chi connectivity index (χ0) is 20.6. The number of esters is 1. The predicted molar refractivity (Wildman–Crippen MR) is 109 cm³/mol. The van der Waals surface area contributed by atoms with Crippen LogP contribution in [0.2, 0.25) is 0 Å². The number of hydrogen-bond donors (Lipinski definition) is 0. The third-order valence-corrected chi connectivity index (χ3v) is 4.34. The van der Waals surface area contributed by atoms with Crippen molar-refractivity contribution in [2.45, 2.75) is 20.1 Å². The van der Waals surface area contributed by atoms with Crippen LogP contribution in [0.1, 0.15) is 38.8 Å². The lowest BCUT2D eigenvalue weighted by Gasteiger charge is -2.16. The average Bonchev–Trinajstić information content (AvgIpc) is 2.76. The van der Waals surface area contributed by atoms with Crippen molar-refractivity contribution in [3.8, 4) is 11.5 Å². The second-order valence-electron chi connectivity index (χ2n) is 6.44. The van der Waals surface area contributed by atoms with E-state index in [2.05, 4.69) is 0 Å². The summed E-state index contributed by atoms with van der Waals surface area (Å²) in [6, 6.07) is 22.3. The van der Waals surface area contributed by atoms with Crippen LogP contribution in [0.4, 0.5) is 0 Å². The van der Waals surface area contributed by atoms with Crippen LogP contribution in [0.5, 0.6) is 11.5 Å². The van der Waals surface area contributed by atoms with Gasteiger partial charge in [-0.25, -0.2) is 4.79 Å². The minimum atomic E-state index is -0.579. The summed E-state index contributed by atoms with van der Waals surface area (Å²) in [6.45, 7) is 1.98. The van der Waals surface area contributed by atoms with Crippen LogP contribution in [-0.2, 0) is 18.0 Å². The molecule has 5 nitrogen and oxygen atoms in total. The summed E-state index contributed by atoms with van der Waals surface area (Å²) in [7, 11) is 1.29. The smallest absolute Gasteiger partial charge is 0.341 e. The molecule has 3 aromatic carbocycles. The highest BCUT2D eigenvalue weighted by Gasteiger charge is 2.20. The normalized spacial score (nSPS) is 10.3. The molecular weight excluding hydrogens is 368 g/mol. The van der Waals surface area contributed by atoms with Gasteiger partial charge in [0.1, 0.15) is 30.3 Å². The first-order valence-corrected chi connectivity index (χ1v) is 9.19. The molecule has 0 saturated carbocycles. The fraction of sp³-hybridized carbons (Fsp3) is 0.167. The number of benzene rings is 3. The number of hydrogen-bond acceptors (Lipinski definition) is 5. The standard InChI is InChI=1S/C24H22O5/c1-17(25)20-13-21(24(26)27-2)23(29-16-19-11-7-4-8-12-19)14-22(20)28-15-18-9-5-3-6-10-18/h3-14H,15-16H2,1-2H3. The molecule has 148 valence electrons. The summed E-state index contributed by atoms with van der Waals surface area (Å²) >= 11 is 0. The van der Waals surface area contributed by atoms with E-state index < -0.39 is 5.97 Å². The largest absolute Gasteiger partial charge is 0.488 e.